The molecular formula is C42H65N6O8P. The molecule has 3 aromatic rings. The molecule has 2 heterocycles. The molecule has 0 aliphatic carbocycles. The Morgan fingerprint density at radius 2 is 1.53 bits per heavy atom. The van der Waals surface area contributed by atoms with E-state index in [-0.39, 0.29) is 38.7 Å². The first-order chi connectivity index (χ1) is 27.8. The summed E-state index contributed by atoms with van der Waals surface area (Å²) in [7, 11) is 0.377. The number of nitrogens with zero attached hydrogens (tertiary/aromatic N) is 5. The smallest absolute Gasteiger partial charge is 0.330 e. The molecule has 0 saturated carbocycles. The molecule has 0 fully saturated rings. The Balaban J connectivity index is 1.41. The number of fused-ring (bicyclic) bond motifs is 1. The average Bonchev–Trinajstić information content (AvgIpc) is 3.68. The van der Waals surface area contributed by atoms with E-state index >= 15 is 0 Å². The van der Waals surface area contributed by atoms with Gasteiger partial charge >= 0.3 is 8.60 Å². The Morgan fingerprint density at radius 3 is 2.12 bits per heavy atom. The highest BCUT2D eigenvalue weighted by molar-refractivity contribution is 7.40. The van der Waals surface area contributed by atoms with E-state index in [0.29, 0.717) is 29.1 Å². The molecule has 0 aliphatic heterocycles. The first-order valence-electron chi connectivity index (χ1n) is 20.5. The van der Waals surface area contributed by atoms with Gasteiger partial charge in [-0.25, -0.2) is 9.50 Å². The van der Waals surface area contributed by atoms with E-state index in [1.165, 1.54) is 115 Å². The predicted molar refractivity (Wildman–Crippen MR) is 220 cm³/mol. The topological polar surface area (TPSA) is 200 Å². The number of aromatic nitrogens is 3. The normalized spacial score (nSPS) is 14.2. The van der Waals surface area contributed by atoms with Crippen LogP contribution >= 0.6 is 8.60 Å². The molecule has 14 nitrogen and oxygen atoms in total. The fraction of sp³-hybridized carbons (Fsp3) is 0.667. The van der Waals surface area contributed by atoms with Crippen molar-refractivity contribution in [2.75, 3.05) is 46.4 Å². The van der Waals surface area contributed by atoms with E-state index in [1.54, 1.807) is 30.3 Å². The van der Waals surface area contributed by atoms with E-state index in [2.05, 4.69) is 29.1 Å². The summed E-state index contributed by atoms with van der Waals surface area (Å²) in [6.45, 7) is 2.81. The van der Waals surface area contributed by atoms with Gasteiger partial charge in [0.05, 0.1) is 50.9 Å². The summed E-state index contributed by atoms with van der Waals surface area (Å²) in [6.07, 6.45) is 20.1. The van der Waals surface area contributed by atoms with Gasteiger partial charge in [0.15, 0.2) is 11.4 Å². The molecule has 4 atom stereocenters. The van der Waals surface area contributed by atoms with Crippen LogP contribution in [0.1, 0.15) is 139 Å². The highest BCUT2D eigenvalue weighted by Crippen LogP contribution is 2.37. The van der Waals surface area contributed by atoms with Gasteiger partial charge in [-0.1, -0.05) is 109 Å². The fourth-order valence-electron chi connectivity index (χ4n) is 6.55. The summed E-state index contributed by atoms with van der Waals surface area (Å²) < 4.78 is 35.6. The molecule has 0 aliphatic rings. The van der Waals surface area contributed by atoms with Gasteiger partial charge in [0.1, 0.15) is 35.8 Å². The number of methoxy groups -OCH3 is 2. The summed E-state index contributed by atoms with van der Waals surface area (Å²) in [5.41, 5.74) is 6.41. The van der Waals surface area contributed by atoms with Crippen LogP contribution in [0.15, 0.2) is 36.7 Å². The van der Waals surface area contributed by atoms with Crippen LogP contribution in [0, 0.1) is 22.7 Å². The van der Waals surface area contributed by atoms with Gasteiger partial charge in [-0.05, 0) is 36.2 Å². The van der Waals surface area contributed by atoms with E-state index in [1.807, 2.05) is 0 Å². The van der Waals surface area contributed by atoms with Crippen molar-refractivity contribution < 1.29 is 38.0 Å². The van der Waals surface area contributed by atoms with Crippen molar-refractivity contribution in [3.8, 4) is 17.9 Å². The number of anilines is 1. The van der Waals surface area contributed by atoms with Crippen LogP contribution in [0.2, 0.25) is 0 Å². The number of nitrogens with two attached hydrogens (primary N) is 1. The molecule has 316 valence electrons. The lowest BCUT2D eigenvalue weighted by atomic mass is 9.97. The van der Waals surface area contributed by atoms with Crippen molar-refractivity contribution in [2.24, 2.45) is 0 Å². The molecule has 4 unspecified atom stereocenters. The lowest BCUT2D eigenvalue weighted by molar-refractivity contribution is -0.0552. The molecule has 1 aromatic carbocycles. The number of aliphatic hydroxyl groups is 1. The van der Waals surface area contributed by atoms with Crippen molar-refractivity contribution in [1.82, 2.24) is 14.6 Å². The molecule has 0 spiro atoms. The zero-order valence-electron chi connectivity index (χ0n) is 34.3. The van der Waals surface area contributed by atoms with Crippen LogP contribution in [0.3, 0.4) is 0 Å². The first kappa shape index (κ1) is 47.9. The van der Waals surface area contributed by atoms with Crippen LogP contribution < -0.4 is 10.5 Å². The zero-order chi connectivity index (χ0) is 41.1. The maximum Gasteiger partial charge on any atom is 0.330 e. The number of nitriles is 2. The fourth-order valence-corrected chi connectivity index (χ4v) is 7.24. The molecular weight excluding hydrogens is 747 g/mol. The van der Waals surface area contributed by atoms with Crippen LogP contribution in [0.4, 0.5) is 5.82 Å². The highest BCUT2D eigenvalue weighted by atomic mass is 31.2. The van der Waals surface area contributed by atoms with Crippen molar-refractivity contribution in [2.45, 2.75) is 140 Å². The number of ether oxygens (including phenoxy) is 4. The van der Waals surface area contributed by atoms with Crippen molar-refractivity contribution >= 4 is 19.9 Å². The Morgan fingerprint density at radius 1 is 0.877 bits per heavy atom. The molecule has 15 heteroatoms. The number of rotatable bonds is 33. The van der Waals surface area contributed by atoms with Crippen molar-refractivity contribution in [1.29, 1.82) is 10.5 Å². The minimum atomic E-state index is -2.46. The standard InChI is InChI=1S/C42H65N6O8P/c1-4-5-6-7-8-9-10-11-12-13-14-15-16-17-18-19-24-53-29-36(54-28-34-20-21-35(27-43)40(25-34)51-2)30-55-57(50)56-32-42(31-44,52-3)26-39(49)37-22-23-38-41(45)46-33-47-48(37)38/h20-23,25,33,36,39,49-50H,4-19,24,26,28-30,32H2,1-3H3,(H2,45,46,47). The van der Waals surface area contributed by atoms with Gasteiger partial charge in [-0.2, -0.15) is 15.6 Å². The maximum atomic E-state index is 11.0. The lowest BCUT2D eigenvalue weighted by Crippen LogP contribution is -2.37. The molecule has 0 bridgehead atoms. The molecule has 0 saturated heterocycles. The van der Waals surface area contributed by atoms with E-state index in [0.717, 1.165) is 18.4 Å². The van der Waals surface area contributed by atoms with Crippen LogP contribution in [0.5, 0.6) is 5.75 Å². The predicted octanol–water partition coefficient (Wildman–Crippen LogP) is 8.64. The van der Waals surface area contributed by atoms with Gasteiger partial charge in [0, 0.05) is 20.1 Å². The van der Waals surface area contributed by atoms with Gasteiger partial charge in [0.2, 0.25) is 0 Å². The first-order valence-corrected chi connectivity index (χ1v) is 21.7. The summed E-state index contributed by atoms with van der Waals surface area (Å²) in [6, 6.07) is 12.7. The van der Waals surface area contributed by atoms with E-state index in [4.69, 9.17) is 33.7 Å². The molecule has 4 N–H and O–H groups in total. The van der Waals surface area contributed by atoms with Crippen LogP contribution in [0.25, 0.3) is 5.52 Å². The largest absolute Gasteiger partial charge is 0.495 e. The second kappa shape index (κ2) is 28.1. The lowest BCUT2D eigenvalue weighted by Gasteiger charge is -2.28. The minimum Gasteiger partial charge on any atom is -0.495 e. The monoisotopic (exact) mass is 812 g/mol. The number of aliphatic hydroxyl groups excluding tert-OH is 1. The summed E-state index contributed by atoms with van der Waals surface area (Å²) >= 11 is 0. The van der Waals surface area contributed by atoms with Gasteiger partial charge in [0.25, 0.3) is 0 Å². The number of hydrogen-bond donors (Lipinski definition) is 3. The van der Waals surface area contributed by atoms with Gasteiger partial charge < -0.3 is 43.7 Å². The highest BCUT2D eigenvalue weighted by Gasteiger charge is 2.36. The average molecular weight is 813 g/mol. The second-order valence-corrected chi connectivity index (χ2v) is 15.5. The minimum absolute atomic E-state index is 0.0546. The Kier molecular flexibility index (Phi) is 23.6. The molecule has 3 rings (SSSR count). The molecule has 2 aromatic heterocycles. The van der Waals surface area contributed by atoms with Gasteiger partial charge in [-0.3, -0.25) is 0 Å². The molecule has 0 radical (unpaired) electrons. The summed E-state index contributed by atoms with van der Waals surface area (Å²) in [4.78, 5) is 14.7. The Hall–Kier alpha value is -3.43. The van der Waals surface area contributed by atoms with Crippen LogP contribution in [-0.2, 0) is 29.9 Å². The maximum absolute atomic E-state index is 11.0. The van der Waals surface area contributed by atoms with Crippen molar-refractivity contribution in [3.05, 3.63) is 53.5 Å². The Labute approximate surface area is 340 Å². The zero-order valence-corrected chi connectivity index (χ0v) is 35.2. The third kappa shape index (κ3) is 17.5. The second-order valence-electron chi connectivity index (χ2n) is 14.5. The Bertz CT molecular complexity index is 1630. The van der Waals surface area contributed by atoms with Gasteiger partial charge in [-0.15, -0.1) is 0 Å². The van der Waals surface area contributed by atoms with E-state index < -0.39 is 26.4 Å². The number of nitrogen functional groups attached to an aromatic ring is 1. The number of unbranched alkanes of at least 4 members (excludes halogenated alkanes) is 15. The summed E-state index contributed by atoms with van der Waals surface area (Å²) in [5.74, 6) is 0.697. The molecule has 57 heavy (non-hydrogen) atoms. The third-order valence-electron chi connectivity index (χ3n) is 10.1. The van der Waals surface area contributed by atoms with E-state index in [9.17, 15) is 20.5 Å². The summed E-state index contributed by atoms with van der Waals surface area (Å²) in [5, 5.41) is 34.6. The number of benzene rings is 1. The SMILES string of the molecule is CCCCCCCCCCCCCCCCCCOCC(COP(O)OCC(C#N)(CC(O)c1ccc2c(N)ncnn12)OC)OCc1ccc(C#N)c(OC)c1. The number of hydrogen-bond acceptors (Lipinski definition) is 13. The van der Waals surface area contributed by atoms with Crippen LogP contribution in [-0.4, -0.2) is 77.0 Å². The van der Waals surface area contributed by atoms with Crippen molar-refractivity contribution in [3.63, 3.8) is 0 Å². The molecule has 0 amide bonds. The third-order valence-corrected chi connectivity index (χ3v) is 10.8. The quantitative estimate of drug-likeness (QED) is 0.0390.